The van der Waals surface area contributed by atoms with Gasteiger partial charge >= 0.3 is 0 Å². The van der Waals surface area contributed by atoms with Gasteiger partial charge in [-0.3, -0.25) is 14.4 Å². The topological polar surface area (TPSA) is 76.2 Å². The first-order valence-electron chi connectivity index (χ1n) is 8.49. The molecule has 1 amide bonds. The van der Waals surface area contributed by atoms with Gasteiger partial charge in [-0.1, -0.05) is 5.16 Å². The van der Waals surface area contributed by atoms with E-state index >= 15 is 0 Å². The molecule has 130 valence electrons. The fourth-order valence-electron chi connectivity index (χ4n) is 3.33. The van der Waals surface area contributed by atoms with Gasteiger partial charge in [0.1, 0.15) is 5.76 Å². The molecule has 0 unspecified atom stereocenters. The highest BCUT2D eigenvalue weighted by Crippen LogP contribution is 2.20. The molecule has 1 aliphatic heterocycles. The maximum Gasteiger partial charge on any atom is 0.226 e. The van der Waals surface area contributed by atoms with E-state index < -0.39 is 0 Å². The molecule has 0 radical (unpaired) electrons. The van der Waals surface area contributed by atoms with Crippen molar-refractivity contribution < 1.29 is 9.32 Å². The number of nitrogens with zero attached hydrogens (tertiary/aromatic N) is 4. The normalized spacial score (nSPS) is 18.2. The molecule has 0 aromatic carbocycles. The molecule has 7 nitrogen and oxygen atoms in total. The Kier molecular flexibility index (Phi) is 4.99. The Morgan fingerprint density at radius 2 is 2.21 bits per heavy atom. The number of hydrogen-bond acceptors (Lipinski definition) is 5. The molecule has 3 heterocycles. The van der Waals surface area contributed by atoms with Crippen molar-refractivity contribution in [3.05, 3.63) is 29.3 Å². The van der Waals surface area contributed by atoms with Gasteiger partial charge in [0.25, 0.3) is 0 Å². The predicted molar refractivity (Wildman–Crippen MR) is 90.8 cm³/mol. The minimum absolute atomic E-state index is 0.0277. The summed E-state index contributed by atoms with van der Waals surface area (Å²) in [5.74, 6) is 1.15. The monoisotopic (exact) mass is 331 g/mol. The van der Waals surface area contributed by atoms with Crippen molar-refractivity contribution in [1.29, 1.82) is 0 Å². The number of rotatable bonds is 6. The Bertz CT molecular complexity index is 706. The highest BCUT2D eigenvalue weighted by molar-refractivity contribution is 5.89. The molecule has 0 spiro atoms. The summed E-state index contributed by atoms with van der Waals surface area (Å²) >= 11 is 0. The number of hydrogen-bond donors (Lipinski definition) is 1. The summed E-state index contributed by atoms with van der Waals surface area (Å²) < 4.78 is 7.04. The number of aryl methyl sites for hydroxylation is 3. The molecule has 1 N–H and O–H groups in total. The summed E-state index contributed by atoms with van der Waals surface area (Å²) in [5.41, 5.74) is 2.25. The van der Waals surface area contributed by atoms with Crippen LogP contribution in [0.3, 0.4) is 0 Å². The van der Waals surface area contributed by atoms with Crippen LogP contribution >= 0.6 is 0 Å². The molecule has 1 aliphatic rings. The largest absolute Gasteiger partial charge is 0.360 e. The van der Waals surface area contributed by atoms with Crippen LogP contribution in [0, 0.1) is 20.8 Å². The molecule has 1 fully saturated rings. The van der Waals surface area contributed by atoms with Crippen LogP contribution in [-0.4, -0.2) is 44.9 Å². The smallest absolute Gasteiger partial charge is 0.226 e. The van der Waals surface area contributed by atoms with Crippen LogP contribution in [0.4, 0.5) is 5.82 Å². The van der Waals surface area contributed by atoms with Gasteiger partial charge in [-0.2, -0.15) is 5.10 Å². The van der Waals surface area contributed by atoms with Crippen LogP contribution in [0.5, 0.6) is 0 Å². The van der Waals surface area contributed by atoms with Gasteiger partial charge in [-0.15, -0.1) is 0 Å². The van der Waals surface area contributed by atoms with E-state index in [0.717, 1.165) is 31.7 Å². The van der Waals surface area contributed by atoms with E-state index in [1.807, 2.05) is 6.92 Å². The van der Waals surface area contributed by atoms with Crippen LogP contribution < -0.4 is 5.32 Å². The lowest BCUT2D eigenvalue weighted by molar-refractivity contribution is -0.116. The third kappa shape index (κ3) is 4.03. The zero-order chi connectivity index (χ0) is 17.1. The van der Waals surface area contributed by atoms with E-state index in [1.165, 1.54) is 12.1 Å². The van der Waals surface area contributed by atoms with E-state index in [1.54, 1.807) is 13.0 Å². The summed E-state index contributed by atoms with van der Waals surface area (Å²) in [4.78, 5) is 14.5. The Labute approximate surface area is 142 Å². The maximum atomic E-state index is 12.1. The second kappa shape index (κ2) is 7.17. The minimum atomic E-state index is -0.0277. The highest BCUT2D eigenvalue weighted by Gasteiger charge is 2.25. The number of amides is 1. The molecule has 3 rings (SSSR count). The Morgan fingerprint density at radius 1 is 1.38 bits per heavy atom. The Balaban J connectivity index is 1.50. The van der Waals surface area contributed by atoms with Crippen LogP contribution in [-0.2, 0) is 11.3 Å². The van der Waals surface area contributed by atoms with Gasteiger partial charge in [0.15, 0.2) is 5.82 Å². The van der Waals surface area contributed by atoms with Crippen molar-refractivity contribution in [2.45, 2.75) is 52.6 Å². The SMILES string of the molecule is Cc1cc(C)n(C[C@H]2CCCN2CCC(=O)Nc2cc(C)on2)n1. The van der Waals surface area contributed by atoms with Gasteiger partial charge in [-0.25, -0.2) is 0 Å². The number of anilines is 1. The molecule has 0 bridgehead atoms. The number of likely N-dealkylation sites (tertiary alicyclic amines) is 1. The molecule has 1 atom stereocenters. The minimum Gasteiger partial charge on any atom is -0.360 e. The van der Waals surface area contributed by atoms with Crippen molar-refractivity contribution in [3.63, 3.8) is 0 Å². The molecule has 7 heteroatoms. The molecule has 0 saturated carbocycles. The third-order valence-corrected chi connectivity index (χ3v) is 4.51. The lowest BCUT2D eigenvalue weighted by atomic mass is 10.2. The molecule has 0 aliphatic carbocycles. The van der Waals surface area contributed by atoms with E-state index in [4.69, 9.17) is 4.52 Å². The van der Waals surface area contributed by atoms with Crippen LogP contribution in [0.1, 0.15) is 36.4 Å². The second-order valence-electron chi connectivity index (χ2n) is 6.56. The van der Waals surface area contributed by atoms with Crippen molar-refractivity contribution in [1.82, 2.24) is 19.8 Å². The average molecular weight is 331 g/mol. The average Bonchev–Trinajstić information content (AvgIpc) is 3.20. The lowest BCUT2D eigenvalue weighted by Crippen LogP contribution is -2.35. The van der Waals surface area contributed by atoms with Crippen molar-refractivity contribution in [2.75, 3.05) is 18.4 Å². The van der Waals surface area contributed by atoms with E-state index in [0.29, 0.717) is 24.0 Å². The summed E-state index contributed by atoms with van der Waals surface area (Å²) in [7, 11) is 0. The molecular formula is C17H25N5O2. The molecule has 2 aromatic rings. The van der Waals surface area contributed by atoms with Crippen molar-refractivity contribution in [3.8, 4) is 0 Å². The fraction of sp³-hybridized carbons (Fsp3) is 0.588. The quantitative estimate of drug-likeness (QED) is 0.879. The Morgan fingerprint density at radius 3 is 2.88 bits per heavy atom. The van der Waals surface area contributed by atoms with E-state index in [2.05, 4.69) is 38.1 Å². The number of carbonyl (C=O) groups is 1. The van der Waals surface area contributed by atoms with Crippen LogP contribution in [0.2, 0.25) is 0 Å². The van der Waals surface area contributed by atoms with Gasteiger partial charge in [-0.05, 0) is 46.2 Å². The van der Waals surface area contributed by atoms with Crippen molar-refractivity contribution >= 4 is 11.7 Å². The second-order valence-corrected chi connectivity index (χ2v) is 6.56. The third-order valence-electron chi connectivity index (χ3n) is 4.51. The first kappa shape index (κ1) is 16.7. The lowest BCUT2D eigenvalue weighted by Gasteiger charge is -2.24. The van der Waals surface area contributed by atoms with Gasteiger partial charge in [0.2, 0.25) is 5.91 Å². The van der Waals surface area contributed by atoms with E-state index in [9.17, 15) is 4.79 Å². The van der Waals surface area contributed by atoms with Gasteiger partial charge in [0.05, 0.1) is 12.2 Å². The van der Waals surface area contributed by atoms with E-state index in [-0.39, 0.29) is 5.91 Å². The molecule has 1 saturated heterocycles. The zero-order valence-electron chi connectivity index (χ0n) is 14.6. The predicted octanol–water partition coefficient (Wildman–Crippen LogP) is 2.29. The highest BCUT2D eigenvalue weighted by atomic mass is 16.5. The van der Waals surface area contributed by atoms with Crippen LogP contribution in [0.15, 0.2) is 16.7 Å². The number of nitrogens with one attached hydrogen (secondary N) is 1. The molecular weight excluding hydrogens is 306 g/mol. The fourth-order valence-corrected chi connectivity index (χ4v) is 3.33. The number of carbonyl (C=O) groups excluding carboxylic acids is 1. The summed E-state index contributed by atoms with van der Waals surface area (Å²) in [5, 5.41) is 11.1. The van der Waals surface area contributed by atoms with Crippen LogP contribution in [0.25, 0.3) is 0 Å². The summed E-state index contributed by atoms with van der Waals surface area (Å²) in [6, 6.07) is 4.27. The van der Waals surface area contributed by atoms with Gasteiger partial charge in [0, 0.05) is 30.8 Å². The first-order chi connectivity index (χ1) is 11.5. The first-order valence-corrected chi connectivity index (χ1v) is 8.49. The molecule has 24 heavy (non-hydrogen) atoms. The van der Waals surface area contributed by atoms with Gasteiger partial charge < -0.3 is 9.84 Å². The summed E-state index contributed by atoms with van der Waals surface area (Å²) in [6.45, 7) is 8.60. The van der Waals surface area contributed by atoms with Crippen molar-refractivity contribution in [2.24, 2.45) is 0 Å². The Hall–Kier alpha value is -2.15. The zero-order valence-corrected chi connectivity index (χ0v) is 14.6. The summed E-state index contributed by atoms with van der Waals surface area (Å²) in [6.07, 6.45) is 2.79. The standard InChI is InChI=1S/C17H25N5O2/c1-12-9-13(2)22(19-12)11-15-5-4-7-21(15)8-6-17(23)18-16-10-14(3)24-20-16/h9-10,15H,4-8,11H2,1-3H3,(H,18,20,23)/t15-/m1/s1. The maximum absolute atomic E-state index is 12.1. The number of aromatic nitrogens is 3. The molecule has 2 aromatic heterocycles.